The molecule has 1 saturated heterocycles. The molecule has 1 aromatic carbocycles. The highest BCUT2D eigenvalue weighted by molar-refractivity contribution is 7.85. The van der Waals surface area contributed by atoms with Crippen LogP contribution in [0.15, 0.2) is 65.1 Å². The zero-order valence-electron chi connectivity index (χ0n) is 18.5. The molecule has 1 aliphatic rings. The van der Waals surface area contributed by atoms with E-state index in [0.717, 1.165) is 41.6 Å². The number of hydrogen-bond acceptors (Lipinski definition) is 6. The van der Waals surface area contributed by atoms with Gasteiger partial charge >= 0.3 is 0 Å². The van der Waals surface area contributed by atoms with Crippen molar-refractivity contribution >= 4 is 28.2 Å². The van der Waals surface area contributed by atoms with Gasteiger partial charge in [-0.1, -0.05) is 12.1 Å². The molecule has 1 unspecified atom stereocenters. The molecule has 0 aliphatic carbocycles. The van der Waals surface area contributed by atoms with Gasteiger partial charge in [0, 0.05) is 48.5 Å². The van der Waals surface area contributed by atoms with Gasteiger partial charge in [0.05, 0.1) is 13.7 Å². The molecule has 7 nitrogen and oxygen atoms in total. The predicted octanol–water partition coefficient (Wildman–Crippen LogP) is 3.36. The summed E-state index contributed by atoms with van der Waals surface area (Å²) in [6, 6.07) is 15.3. The van der Waals surface area contributed by atoms with Gasteiger partial charge in [0.1, 0.15) is 20.9 Å². The van der Waals surface area contributed by atoms with E-state index >= 15 is 0 Å². The number of nitrogens with zero attached hydrogens (tertiary/aromatic N) is 2. The molecule has 2 N–H and O–H groups in total. The van der Waals surface area contributed by atoms with Crippen molar-refractivity contribution in [3.63, 3.8) is 0 Å². The van der Waals surface area contributed by atoms with Gasteiger partial charge in [0.25, 0.3) is 5.91 Å². The molecule has 1 atom stereocenters. The highest BCUT2D eigenvalue weighted by Gasteiger charge is 2.24. The molecule has 0 radical (unpaired) electrons. The zero-order valence-corrected chi connectivity index (χ0v) is 20.2. The number of thiophene rings is 1. The summed E-state index contributed by atoms with van der Waals surface area (Å²) in [4.78, 5) is 17.5. The van der Waals surface area contributed by atoms with E-state index in [9.17, 15) is 9.00 Å². The number of amides is 1. The molecular weight excluding hydrogens is 456 g/mol. The molecule has 9 heteroatoms. The van der Waals surface area contributed by atoms with E-state index in [1.54, 1.807) is 37.6 Å². The van der Waals surface area contributed by atoms with Gasteiger partial charge in [0.15, 0.2) is 0 Å². The van der Waals surface area contributed by atoms with E-state index in [1.165, 1.54) is 16.9 Å². The summed E-state index contributed by atoms with van der Waals surface area (Å²) in [7, 11) is 0.402. The number of nitrogens with one attached hydrogen (secondary N) is 2. The van der Waals surface area contributed by atoms with Crippen molar-refractivity contribution in [2.75, 3.05) is 20.2 Å². The van der Waals surface area contributed by atoms with Gasteiger partial charge in [-0.2, -0.15) is 0 Å². The van der Waals surface area contributed by atoms with Crippen molar-refractivity contribution in [3.05, 3.63) is 76.9 Å². The second-order valence-corrected chi connectivity index (χ2v) is 10.7. The van der Waals surface area contributed by atoms with Crippen LogP contribution in [0.5, 0.6) is 5.75 Å². The van der Waals surface area contributed by atoms with Crippen LogP contribution >= 0.6 is 11.3 Å². The highest BCUT2D eigenvalue weighted by Crippen LogP contribution is 2.24. The Balaban J connectivity index is 1.24. The van der Waals surface area contributed by atoms with Crippen molar-refractivity contribution in [1.82, 2.24) is 19.9 Å². The Hall–Kier alpha value is -2.59. The fourth-order valence-corrected chi connectivity index (χ4v) is 6.28. The fraction of sp³-hybridized carbons (Fsp3) is 0.333. The number of piperidine rings is 1. The minimum atomic E-state index is -1.17. The van der Waals surface area contributed by atoms with Crippen LogP contribution in [0.2, 0.25) is 0 Å². The van der Waals surface area contributed by atoms with Gasteiger partial charge in [-0.3, -0.25) is 9.78 Å². The van der Waals surface area contributed by atoms with Crippen LogP contribution in [0, 0.1) is 0 Å². The minimum Gasteiger partial charge on any atom is -0.497 e. The summed E-state index contributed by atoms with van der Waals surface area (Å²) in [6.07, 6.45) is 5.58. The summed E-state index contributed by atoms with van der Waals surface area (Å²) < 4.78 is 21.1. The first-order valence-corrected chi connectivity index (χ1v) is 12.8. The second kappa shape index (κ2) is 11.5. The van der Waals surface area contributed by atoms with Gasteiger partial charge in [-0.15, -0.1) is 11.3 Å². The first-order valence-electron chi connectivity index (χ1n) is 10.9. The SMILES string of the molecule is COc1cccc(C(=O)NCc2ccc(S(=O)N3CCC(NCc4cccnc4)CC3)s2)c1. The average Bonchev–Trinajstić information content (AvgIpc) is 3.35. The summed E-state index contributed by atoms with van der Waals surface area (Å²) in [5.74, 6) is 0.485. The highest BCUT2D eigenvalue weighted by atomic mass is 32.2. The lowest BCUT2D eigenvalue weighted by Crippen LogP contribution is -2.42. The number of benzene rings is 1. The number of carbonyl (C=O) groups is 1. The monoisotopic (exact) mass is 484 g/mol. The Kier molecular flexibility index (Phi) is 8.22. The first-order chi connectivity index (χ1) is 16.1. The molecule has 0 spiro atoms. The van der Waals surface area contributed by atoms with E-state index in [4.69, 9.17) is 4.74 Å². The third-order valence-electron chi connectivity index (χ3n) is 5.57. The number of hydrogen-bond donors (Lipinski definition) is 2. The predicted molar refractivity (Wildman–Crippen MR) is 131 cm³/mol. The Morgan fingerprint density at radius 2 is 2.03 bits per heavy atom. The van der Waals surface area contributed by atoms with E-state index in [2.05, 4.69) is 21.7 Å². The van der Waals surface area contributed by atoms with E-state index in [0.29, 0.717) is 23.9 Å². The first kappa shape index (κ1) is 23.6. The Bertz CT molecular complexity index is 1080. The minimum absolute atomic E-state index is 0.161. The largest absolute Gasteiger partial charge is 0.497 e. The summed E-state index contributed by atoms with van der Waals surface area (Å²) >= 11 is 1.48. The van der Waals surface area contributed by atoms with Crippen molar-refractivity contribution < 1.29 is 13.7 Å². The second-order valence-electron chi connectivity index (χ2n) is 7.83. The van der Waals surface area contributed by atoms with Gasteiger partial charge < -0.3 is 15.4 Å². The molecule has 3 heterocycles. The molecule has 4 rings (SSSR count). The number of rotatable bonds is 9. The molecule has 3 aromatic rings. The Morgan fingerprint density at radius 3 is 2.79 bits per heavy atom. The van der Waals surface area contributed by atoms with Crippen molar-refractivity contribution in [3.8, 4) is 5.75 Å². The van der Waals surface area contributed by atoms with Crippen LogP contribution in [0.4, 0.5) is 0 Å². The van der Waals surface area contributed by atoms with Crippen LogP contribution in [-0.4, -0.2) is 45.6 Å². The maximum atomic E-state index is 13.0. The van der Waals surface area contributed by atoms with Crippen molar-refractivity contribution in [1.29, 1.82) is 0 Å². The molecule has 2 aromatic heterocycles. The van der Waals surface area contributed by atoms with Crippen LogP contribution in [0.1, 0.15) is 33.6 Å². The maximum absolute atomic E-state index is 13.0. The van der Waals surface area contributed by atoms with E-state index in [-0.39, 0.29) is 5.91 Å². The third kappa shape index (κ3) is 6.48. The van der Waals surface area contributed by atoms with E-state index < -0.39 is 11.0 Å². The van der Waals surface area contributed by atoms with Crippen LogP contribution in [-0.2, 0) is 24.1 Å². The number of carbonyl (C=O) groups excluding carboxylic acids is 1. The molecule has 0 saturated carbocycles. The molecule has 1 aliphatic heterocycles. The average molecular weight is 485 g/mol. The molecule has 174 valence electrons. The Labute approximate surface area is 200 Å². The molecule has 0 bridgehead atoms. The summed E-state index contributed by atoms with van der Waals surface area (Å²) in [6.45, 7) is 2.78. The van der Waals surface area contributed by atoms with Crippen molar-refractivity contribution in [2.45, 2.75) is 36.2 Å². The van der Waals surface area contributed by atoms with Crippen molar-refractivity contribution in [2.24, 2.45) is 0 Å². The van der Waals surface area contributed by atoms with E-state index in [1.807, 2.05) is 28.7 Å². The van der Waals surface area contributed by atoms with Crippen LogP contribution < -0.4 is 15.4 Å². The molecule has 1 fully saturated rings. The van der Waals surface area contributed by atoms with Gasteiger partial charge in [-0.25, -0.2) is 8.51 Å². The zero-order chi connectivity index (χ0) is 23.0. The normalized spacial score (nSPS) is 15.8. The standard InChI is InChI=1S/C24H28N4O3S2/c1-31-21-6-2-5-19(14-21)24(29)27-17-22-7-8-23(32-22)33(30)28-12-9-20(10-13-28)26-16-18-4-3-11-25-15-18/h2-8,11,14-15,20,26H,9-10,12-13,16-17H2,1H3,(H,27,29). The fourth-order valence-electron chi connectivity index (χ4n) is 3.70. The van der Waals surface area contributed by atoms with Gasteiger partial charge in [-0.05, 0) is 54.8 Å². The molecule has 33 heavy (non-hydrogen) atoms. The number of ether oxygens (including phenoxy) is 1. The summed E-state index contributed by atoms with van der Waals surface area (Å²) in [5, 5.41) is 6.50. The lowest BCUT2D eigenvalue weighted by Gasteiger charge is -2.31. The maximum Gasteiger partial charge on any atom is 0.251 e. The van der Waals surface area contributed by atoms with Crippen LogP contribution in [0.25, 0.3) is 0 Å². The number of pyridine rings is 1. The lowest BCUT2D eigenvalue weighted by atomic mass is 10.1. The topological polar surface area (TPSA) is 83.6 Å². The van der Waals surface area contributed by atoms with Gasteiger partial charge in [0.2, 0.25) is 0 Å². The third-order valence-corrected chi connectivity index (χ3v) is 8.44. The van der Waals surface area contributed by atoms with Crippen LogP contribution in [0.3, 0.4) is 0 Å². The molecular formula is C24H28N4O3S2. The lowest BCUT2D eigenvalue weighted by molar-refractivity contribution is 0.0951. The molecule has 1 amide bonds. The number of methoxy groups -OCH3 is 1. The number of aromatic nitrogens is 1. The smallest absolute Gasteiger partial charge is 0.251 e. The quantitative estimate of drug-likeness (QED) is 0.487. The Morgan fingerprint density at radius 1 is 1.18 bits per heavy atom. The summed E-state index contributed by atoms with van der Waals surface area (Å²) in [5.41, 5.74) is 1.72.